The molecule has 1 fully saturated rings. The fourth-order valence-corrected chi connectivity index (χ4v) is 3.54. The molecule has 1 saturated heterocycles. The van der Waals surface area contributed by atoms with E-state index >= 15 is 0 Å². The molecular weight excluding hydrogens is 460 g/mol. The van der Waals surface area contributed by atoms with E-state index in [0.29, 0.717) is 36.1 Å². The Balaban J connectivity index is 1.94. The standard InChI is InChI=1S/C19H28BBrClN3O4/c1-13(2)10-17(20-28-8-3-6-23-7-9-29-20)25-18(26)12-24-19(27)15-11-14(21)4-5-16(15)22/h4-5,11,13,17,23H,3,6-10,12H2,1-2H3,(H,24,27)(H,25,26)/t17-/m0/s1. The summed E-state index contributed by atoms with van der Waals surface area (Å²) in [6, 6.07) is 4.99. The van der Waals surface area contributed by atoms with Gasteiger partial charge >= 0.3 is 7.12 Å². The van der Waals surface area contributed by atoms with Crippen molar-refractivity contribution in [3.8, 4) is 0 Å². The van der Waals surface area contributed by atoms with Gasteiger partial charge in [-0.15, -0.1) is 0 Å². The number of hydrogen-bond donors (Lipinski definition) is 3. The van der Waals surface area contributed by atoms with Gasteiger partial charge in [0.25, 0.3) is 5.91 Å². The average Bonchev–Trinajstić information content (AvgIpc) is 2.81. The Morgan fingerprint density at radius 2 is 2.03 bits per heavy atom. The van der Waals surface area contributed by atoms with E-state index in [2.05, 4.69) is 45.7 Å². The third-order valence-corrected chi connectivity index (χ3v) is 5.15. The van der Waals surface area contributed by atoms with E-state index in [4.69, 9.17) is 20.9 Å². The summed E-state index contributed by atoms with van der Waals surface area (Å²) in [4.78, 5) is 24.9. The summed E-state index contributed by atoms with van der Waals surface area (Å²) in [6.07, 6.45) is 1.58. The molecule has 0 bridgehead atoms. The quantitative estimate of drug-likeness (QED) is 0.513. The molecule has 1 aliphatic heterocycles. The Kier molecular flexibility index (Phi) is 10.4. The minimum absolute atomic E-state index is 0.162. The number of halogens is 2. The van der Waals surface area contributed by atoms with E-state index in [1.54, 1.807) is 18.2 Å². The van der Waals surface area contributed by atoms with E-state index in [1.807, 2.05) is 0 Å². The van der Waals surface area contributed by atoms with Gasteiger partial charge in [0.15, 0.2) is 0 Å². The Labute approximate surface area is 185 Å². The molecule has 0 radical (unpaired) electrons. The molecule has 0 unspecified atom stereocenters. The van der Waals surface area contributed by atoms with Gasteiger partial charge in [-0.1, -0.05) is 41.4 Å². The lowest BCUT2D eigenvalue weighted by Crippen LogP contribution is -2.52. The fourth-order valence-electron chi connectivity index (χ4n) is 2.98. The Morgan fingerprint density at radius 1 is 1.28 bits per heavy atom. The van der Waals surface area contributed by atoms with Gasteiger partial charge in [-0.2, -0.15) is 0 Å². The molecule has 2 rings (SSSR count). The predicted octanol–water partition coefficient (Wildman–Crippen LogP) is 2.42. The van der Waals surface area contributed by atoms with Crippen molar-refractivity contribution in [1.29, 1.82) is 0 Å². The molecule has 160 valence electrons. The molecule has 3 N–H and O–H groups in total. The molecule has 0 saturated carbocycles. The lowest BCUT2D eigenvalue weighted by Gasteiger charge is -2.25. The number of hydrogen-bond acceptors (Lipinski definition) is 5. The SMILES string of the molecule is CC(C)C[C@H](NC(=O)CNC(=O)c1cc(Br)ccc1Cl)B1OCCCNCCO1. The maximum absolute atomic E-state index is 12.5. The van der Waals surface area contributed by atoms with Crippen molar-refractivity contribution in [1.82, 2.24) is 16.0 Å². The zero-order chi connectivity index (χ0) is 21.2. The largest absolute Gasteiger partial charge is 0.480 e. The van der Waals surface area contributed by atoms with Gasteiger partial charge in [0, 0.05) is 24.2 Å². The molecule has 1 heterocycles. The van der Waals surface area contributed by atoms with Crippen LogP contribution in [0.2, 0.25) is 5.02 Å². The van der Waals surface area contributed by atoms with Crippen molar-refractivity contribution in [3.63, 3.8) is 0 Å². The van der Waals surface area contributed by atoms with Crippen LogP contribution < -0.4 is 16.0 Å². The molecule has 2 amide bonds. The van der Waals surface area contributed by atoms with Crippen molar-refractivity contribution >= 4 is 46.5 Å². The normalized spacial score (nSPS) is 16.5. The highest BCUT2D eigenvalue weighted by molar-refractivity contribution is 9.10. The first-order valence-electron chi connectivity index (χ1n) is 9.83. The summed E-state index contributed by atoms with van der Waals surface area (Å²) < 4.78 is 12.4. The van der Waals surface area contributed by atoms with Crippen LogP contribution in [0.25, 0.3) is 0 Å². The van der Waals surface area contributed by atoms with Crippen LogP contribution in [0.15, 0.2) is 22.7 Å². The molecular formula is C19H28BBrClN3O4. The molecule has 1 atom stereocenters. The number of rotatable bonds is 7. The topological polar surface area (TPSA) is 88.7 Å². The van der Waals surface area contributed by atoms with E-state index < -0.39 is 13.0 Å². The first kappa shape index (κ1) is 24.1. The van der Waals surface area contributed by atoms with Crippen LogP contribution in [0.1, 0.15) is 37.0 Å². The van der Waals surface area contributed by atoms with Gasteiger partial charge in [-0.05, 0) is 43.5 Å². The minimum atomic E-state index is -0.517. The summed E-state index contributed by atoms with van der Waals surface area (Å²) in [5.74, 6) is -0.673. The first-order valence-corrected chi connectivity index (χ1v) is 11.0. The van der Waals surface area contributed by atoms with Crippen LogP contribution in [-0.2, 0) is 14.1 Å². The van der Waals surface area contributed by atoms with E-state index in [1.165, 1.54) is 0 Å². The van der Waals surface area contributed by atoms with Gasteiger partial charge in [0.2, 0.25) is 5.91 Å². The van der Waals surface area contributed by atoms with Crippen molar-refractivity contribution in [2.45, 2.75) is 32.6 Å². The Bertz CT molecular complexity index is 685. The monoisotopic (exact) mass is 487 g/mol. The number of amides is 2. The van der Waals surface area contributed by atoms with Gasteiger partial charge in [0.05, 0.1) is 23.1 Å². The summed E-state index contributed by atoms with van der Waals surface area (Å²) in [5, 5.41) is 9.16. The first-order chi connectivity index (χ1) is 13.9. The van der Waals surface area contributed by atoms with E-state index in [0.717, 1.165) is 24.0 Å². The number of carbonyl (C=O) groups is 2. The van der Waals surface area contributed by atoms with Gasteiger partial charge in [-0.3, -0.25) is 9.59 Å². The van der Waals surface area contributed by atoms with Gasteiger partial charge in [-0.25, -0.2) is 0 Å². The average molecular weight is 489 g/mol. The van der Waals surface area contributed by atoms with Crippen LogP contribution in [0.5, 0.6) is 0 Å². The highest BCUT2D eigenvalue weighted by Crippen LogP contribution is 2.20. The van der Waals surface area contributed by atoms with Crippen LogP contribution in [0.4, 0.5) is 0 Å². The van der Waals surface area contributed by atoms with Crippen LogP contribution >= 0.6 is 27.5 Å². The molecule has 1 aromatic rings. The molecule has 29 heavy (non-hydrogen) atoms. The molecule has 1 aliphatic rings. The van der Waals surface area contributed by atoms with Crippen LogP contribution in [0, 0.1) is 5.92 Å². The molecule has 0 aliphatic carbocycles. The van der Waals surface area contributed by atoms with Crippen molar-refractivity contribution in [2.24, 2.45) is 5.92 Å². The van der Waals surface area contributed by atoms with Gasteiger partial charge < -0.3 is 25.3 Å². The maximum atomic E-state index is 12.5. The summed E-state index contributed by atoms with van der Waals surface area (Å²) >= 11 is 9.38. The summed E-state index contributed by atoms with van der Waals surface area (Å²) in [6.45, 7) is 6.67. The third kappa shape index (κ3) is 8.64. The molecule has 0 aromatic heterocycles. The number of benzene rings is 1. The Hall–Kier alpha value is -1.13. The lowest BCUT2D eigenvalue weighted by atomic mass is 9.73. The molecule has 7 nitrogen and oxygen atoms in total. The van der Waals surface area contributed by atoms with Crippen molar-refractivity contribution < 1.29 is 18.9 Å². The smallest absolute Gasteiger partial charge is 0.410 e. The third-order valence-electron chi connectivity index (χ3n) is 4.32. The minimum Gasteiger partial charge on any atom is -0.410 e. The van der Waals surface area contributed by atoms with Crippen LogP contribution in [-0.4, -0.2) is 57.7 Å². The zero-order valence-corrected chi connectivity index (χ0v) is 19.1. The Morgan fingerprint density at radius 3 is 2.79 bits per heavy atom. The second-order valence-corrected chi connectivity index (χ2v) is 8.65. The zero-order valence-electron chi connectivity index (χ0n) is 16.8. The summed E-state index contributed by atoms with van der Waals surface area (Å²) in [5.41, 5.74) is 0.308. The van der Waals surface area contributed by atoms with Gasteiger partial charge in [0.1, 0.15) is 0 Å². The van der Waals surface area contributed by atoms with Crippen molar-refractivity contribution in [2.75, 3.05) is 32.8 Å². The maximum Gasteiger partial charge on any atom is 0.480 e. The fraction of sp³-hybridized carbons (Fsp3) is 0.579. The highest BCUT2D eigenvalue weighted by atomic mass is 79.9. The van der Waals surface area contributed by atoms with Crippen LogP contribution in [0.3, 0.4) is 0 Å². The molecule has 1 aromatic carbocycles. The summed E-state index contributed by atoms with van der Waals surface area (Å²) in [7, 11) is -0.517. The second-order valence-electron chi connectivity index (χ2n) is 7.32. The lowest BCUT2D eigenvalue weighted by molar-refractivity contribution is -0.120. The second kappa shape index (κ2) is 12.5. The number of carbonyl (C=O) groups excluding carboxylic acids is 2. The number of nitrogens with one attached hydrogen (secondary N) is 3. The predicted molar refractivity (Wildman–Crippen MR) is 118 cm³/mol. The van der Waals surface area contributed by atoms with E-state index in [-0.39, 0.29) is 18.4 Å². The highest BCUT2D eigenvalue weighted by Gasteiger charge is 2.32. The van der Waals surface area contributed by atoms with Crippen molar-refractivity contribution in [3.05, 3.63) is 33.3 Å². The molecule has 10 heteroatoms. The molecule has 0 spiro atoms. The van der Waals surface area contributed by atoms with E-state index in [9.17, 15) is 9.59 Å².